The van der Waals surface area contributed by atoms with Crippen LogP contribution >= 0.6 is 11.3 Å². The van der Waals surface area contributed by atoms with Crippen LogP contribution in [0.3, 0.4) is 0 Å². The van der Waals surface area contributed by atoms with Gasteiger partial charge in [0.1, 0.15) is 16.8 Å². The number of hydrogen-bond donors (Lipinski definition) is 4. The number of aromatic amines is 1. The highest BCUT2D eigenvalue weighted by atomic mass is 32.1. The van der Waals surface area contributed by atoms with Crippen LogP contribution in [0.4, 0.5) is 0 Å². The Bertz CT molecular complexity index is 1370. The molecular weight excluding hydrogens is 476 g/mol. The average Bonchev–Trinajstić information content (AvgIpc) is 3.48. The minimum Gasteiger partial charge on any atom is -0.506 e. The number of thiazole rings is 1. The van der Waals surface area contributed by atoms with Gasteiger partial charge < -0.3 is 25.4 Å². The Labute approximate surface area is 213 Å². The lowest BCUT2D eigenvalue weighted by molar-refractivity contribution is 0.176. The minimum absolute atomic E-state index is 0.00336. The van der Waals surface area contributed by atoms with E-state index >= 15 is 0 Å². The summed E-state index contributed by atoms with van der Waals surface area (Å²) in [6.07, 6.45) is 7.63. The monoisotopic (exact) mass is 509 g/mol. The summed E-state index contributed by atoms with van der Waals surface area (Å²) in [7, 11) is 2.23. The molecule has 9 nitrogen and oxygen atoms in total. The summed E-state index contributed by atoms with van der Waals surface area (Å²) in [5.41, 5.74) is 3.93. The number of aromatic hydroxyl groups is 1. The lowest BCUT2D eigenvalue weighted by Gasteiger charge is -2.31. The fourth-order valence-corrected chi connectivity index (χ4v) is 5.98. The normalized spacial score (nSPS) is 15.9. The first-order valence-electron chi connectivity index (χ1n) is 12.6. The molecule has 1 aliphatic rings. The van der Waals surface area contributed by atoms with Crippen molar-refractivity contribution < 1.29 is 10.2 Å². The highest BCUT2D eigenvalue weighted by Crippen LogP contribution is 2.31. The predicted molar refractivity (Wildman–Crippen MR) is 142 cm³/mol. The van der Waals surface area contributed by atoms with Crippen molar-refractivity contribution in [3.8, 4) is 5.75 Å². The Morgan fingerprint density at radius 2 is 2.11 bits per heavy atom. The Kier molecular flexibility index (Phi) is 7.66. The number of aliphatic hydroxyl groups is 1. The van der Waals surface area contributed by atoms with Gasteiger partial charge >= 0.3 is 4.87 Å². The maximum atomic E-state index is 11.7. The smallest absolute Gasteiger partial charge is 0.305 e. The molecule has 2 aromatic carbocycles. The zero-order valence-electron chi connectivity index (χ0n) is 20.5. The molecule has 0 amide bonds. The number of aryl methyl sites for hydroxylation is 1. The topological polar surface area (TPSA) is 119 Å². The van der Waals surface area contributed by atoms with E-state index in [4.69, 9.17) is 0 Å². The zero-order valence-corrected chi connectivity index (χ0v) is 21.3. The van der Waals surface area contributed by atoms with Gasteiger partial charge in [-0.15, -0.1) is 5.10 Å². The number of nitrogens with zero attached hydrogens (tertiary/aromatic N) is 4. The number of H-pyrrole nitrogens is 1. The molecule has 0 saturated heterocycles. The van der Waals surface area contributed by atoms with Crippen LogP contribution in [0.15, 0.2) is 35.1 Å². The summed E-state index contributed by atoms with van der Waals surface area (Å²) in [6, 6.07) is 9.99. The average molecular weight is 510 g/mol. The van der Waals surface area contributed by atoms with E-state index in [1.807, 2.05) is 10.7 Å². The van der Waals surface area contributed by atoms with Gasteiger partial charge in [-0.2, -0.15) is 0 Å². The summed E-state index contributed by atoms with van der Waals surface area (Å²) >= 11 is 0.989. The first-order chi connectivity index (χ1) is 17.5. The number of nitrogens with one attached hydrogen (secondary N) is 2. The Morgan fingerprint density at radius 1 is 1.28 bits per heavy atom. The maximum absolute atomic E-state index is 11.7. The lowest BCUT2D eigenvalue weighted by atomic mass is 9.94. The molecule has 2 aromatic heterocycles. The quantitative estimate of drug-likeness (QED) is 0.259. The first kappa shape index (κ1) is 24.9. The lowest BCUT2D eigenvalue weighted by Crippen LogP contribution is -2.34. The highest BCUT2D eigenvalue weighted by Gasteiger charge is 2.18. The second-order valence-electron chi connectivity index (χ2n) is 9.61. The van der Waals surface area contributed by atoms with Crippen molar-refractivity contribution in [2.45, 2.75) is 57.3 Å². The van der Waals surface area contributed by atoms with Gasteiger partial charge in [-0.3, -0.25) is 4.79 Å². The summed E-state index contributed by atoms with van der Waals surface area (Å²) < 4.78 is 2.56. The van der Waals surface area contributed by atoms with Crippen LogP contribution in [0, 0.1) is 6.42 Å². The molecule has 1 fully saturated rings. The number of phenolic OH excluding ortho intramolecular Hbond substituents is 1. The predicted octanol–water partition coefficient (Wildman–Crippen LogP) is 3.33. The molecule has 10 heteroatoms. The van der Waals surface area contributed by atoms with E-state index in [0.29, 0.717) is 34.9 Å². The fourth-order valence-electron chi connectivity index (χ4n) is 5.06. The van der Waals surface area contributed by atoms with Crippen LogP contribution in [0.5, 0.6) is 5.75 Å². The van der Waals surface area contributed by atoms with E-state index in [9.17, 15) is 15.0 Å². The van der Waals surface area contributed by atoms with E-state index in [1.165, 1.54) is 31.7 Å². The summed E-state index contributed by atoms with van der Waals surface area (Å²) in [6.45, 7) is 2.77. The number of aromatic nitrogens is 4. The molecular formula is C26H33N6O3S. The molecule has 0 spiro atoms. The van der Waals surface area contributed by atoms with Crippen molar-refractivity contribution in [2.75, 3.05) is 20.1 Å². The summed E-state index contributed by atoms with van der Waals surface area (Å²) in [4.78, 5) is 16.6. The third-order valence-electron chi connectivity index (χ3n) is 7.10. The molecule has 4 N–H and O–H groups in total. The number of phenols is 1. The molecule has 0 bridgehead atoms. The Morgan fingerprint density at radius 3 is 2.94 bits per heavy atom. The van der Waals surface area contributed by atoms with Crippen molar-refractivity contribution in [3.63, 3.8) is 0 Å². The van der Waals surface area contributed by atoms with Crippen LogP contribution < -0.4 is 10.2 Å². The van der Waals surface area contributed by atoms with Crippen molar-refractivity contribution >= 4 is 32.6 Å². The number of benzene rings is 2. The molecule has 191 valence electrons. The fraction of sp³-hybridized carbons (Fsp3) is 0.462. The van der Waals surface area contributed by atoms with Gasteiger partial charge in [-0.1, -0.05) is 28.7 Å². The number of aliphatic hydroxyl groups excluding tert-OH is 1. The van der Waals surface area contributed by atoms with Crippen LogP contribution in [-0.2, 0) is 13.1 Å². The molecule has 4 aromatic rings. The third-order valence-corrected chi connectivity index (χ3v) is 8.04. The Hall–Kier alpha value is -2.79. The van der Waals surface area contributed by atoms with E-state index in [1.54, 1.807) is 6.07 Å². The van der Waals surface area contributed by atoms with Crippen molar-refractivity contribution in [3.05, 3.63) is 57.5 Å². The molecule has 0 aliphatic heterocycles. The van der Waals surface area contributed by atoms with E-state index in [2.05, 4.69) is 51.1 Å². The molecule has 0 unspecified atom stereocenters. The largest absolute Gasteiger partial charge is 0.506 e. The van der Waals surface area contributed by atoms with E-state index in [-0.39, 0.29) is 10.6 Å². The van der Waals surface area contributed by atoms with Gasteiger partial charge in [0, 0.05) is 31.2 Å². The number of rotatable bonds is 10. The van der Waals surface area contributed by atoms with Gasteiger partial charge in [-0.05, 0) is 75.9 Å². The SMILES string of the molecule is CN(CCCn1nnc2cc(CNC[C@@H](O)c3ccc(O)c4[nH]c(=O)sc34)ccc21)C1CC[CH]CC1. The van der Waals surface area contributed by atoms with Crippen molar-refractivity contribution in [2.24, 2.45) is 0 Å². The third kappa shape index (κ3) is 5.46. The van der Waals surface area contributed by atoms with Gasteiger partial charge in [0.25, 0.3) is 0 Å². The van der Waals surface area contributed by atoms with Gasteiger partial charge in [-0.25, -0.2) is 4.68 Å². The Balaban J connectivity index is 1.14. The van der Waals surface area contributed by atoms with Gasteiger partial charge in [0.05, 0.1) is 16.3 Å². The second kappa shape index (κ2) is 11.1. The molecule has 2 heterocycles. The number of hydrogen-bond acceptors (Lipinski definition) is 8. The van der Waals surface area contributed by atoms with Crippen molar-refractivity contribution in [1.29, 1.82) is 0 Å². The van der Waals surface area contributed by atoms with E-state index < -0.39 is 6.10 Å². The number of fused-ring (bicyclic) bond motifs is 2. The van der Waals surface area contributed by atoms with E-state index in [0.717, 1.165) is 47.4 Å². The van der Waals surface area contributed by atoms with Crippen molar-refractivity contribution in [1.82, 2.24) is 30.2 Å². The van der Waals surface area contributed by atoms with Crippen LogP contribution in [0.25, 0.3) is 21.3 Å². The highest BCUT2D eigenvalue weighted by molar-refractivity contribution is 7.16. The second-order valence-corrected chi connectivity index (χ2v) is 10.6. The molecule has 36 heavy (non-hydrogen) atoms. The molecule has 1 atom stereocenters. The van der Waals surface area contributed by atoms with Gasteiger partial charge in [0.2, 0.25) is 0 Å². The molecule has 1 aliphatic carbocycles. The van der Waals surface area contributed by atoms with Crippen LogP contribution in [0.1, 0.15) is 49.3 Å². The molecule has 1 saturated carbocycles. The first-order valence-corrected chi connectivity index (χ1v) is 13.4. The molecule has 1 radical (unpaired) electrons. The summed E-state index contributed by atoms with van der Waals surface area (Å²) in [5.74, 6) is 0.00336. The standard InChI is InChI=1S/C26H33N6O3S/c1-31(18-6-3-2-4-7-18)12-5-13-32-21-10-8-17(14-20(21)29-30-32)15-27-16-23(34)19-9-11-22(33)24-25(19)36-26(35)28-24/h2,8-11,14,18,23,27,33-34H,3-7,12-13,15-16H2,1H3,(H,28,35)/t23-/m1/s1. The summed E-state index contributed by atoms with van der Waals surface area (Å²) in [5, 5.41) is 32.7. The van der Waals surface area contributed by atoms with Crippen LogP contribution in [-0.4, -0.2) is 61.3 Å². The van der Waals surface area contributed by atoms with Crippen LogP contribution in [0.2, 0.25) is 0 Å². The maximum Gasteiger partial charge on any atom is 0.305 e. The minimum atomic E-state index is -0.811. The molecule has 5 rings (SSSR count). The van der Waals surface area contributed by atoms with Gasteiger partial charge in [0.15, 0.2) is 0 Å². The zero-order chi connectivity index (χ0) is 25.1.